The Hall–Kier alpha value is -3.39. The number of aromatic nitrogens is 3. The summed E-state index contributed by atoms with van der Waals surface area (Å²) in [4.78, 5) is 20.8. The van der Waals surface area contributed by atoms with Crippen LogP contribution >= 0.6 is 0 Å². The molecule has 2 heterocycles. The van der Waals surface area contributed by atoms with E-state index in [1.807, 2.05) is 0 Å². The van der Waals surface area contributed by atoms with Crippen LogP contribution in [-0.4, -0.2) is 28.6 Å². The number of nitrogens with zero attached hydrogens (tertiary/aromatic N) is 3. The molecule has 2 aromatic carbocycles. The summed E-state index contributed by atoms with van der Waals surface area (Å²) in [7, 11) is -3.74. The van der Waals surface area contributed by atoms with Crippen molar-refractivity contribution < 1.29 is 17.6 Å². The van der Waals surface area contributed by atoms with Gasteiger partial charge in [-0.05, 0) is 54.8 Å². The van der Waals surface area contributed by atoms with Crippen LogP contribution in [0.4, 0.5) is 4.39 Å². The van der Waals surface area contributed by atoms with Crippen molar-refractivity contribution in [3.63, 3.8) is 0 Å². The predicted molar refractivity (Wildman–Crippen MR) is 109 cm³/mol. The number of rotatable bonds is 6. The van der Waals surface area contributed by atoms with Crippen LogP contribution in [-0.2, 0) is 16.3 Å². The van der Waals surface area contributed by atoms with Crippen molar-refractivity contribution in [1.29, 1.82) is 0 Å². The van der Waals surface area contributed by atoms with E-state index >= 15 is 0 Å². The van der Waals surface area contributed by atoms with E-state index in [-0.39, 0.29) is 22.0 Å². The number of halogens is 1. The van der Waals surface area contributed by atoms with Gasteiger partial charge in [0.25, 0.3) is 0 Å². The molecule has 0 N–H and O–H groups in total. The smallest absolute Gasteiger partial charge is 0.233 e. The lowest BCUT2D eigenvalue weighted by molar-refractivity contribution is 0.0982. The minimum absolute atomic E-state index is 0.0586. The van der Waals surface area contributed by atoms with Gasteiger partial charge < -0.3 is 0 Å². The summed E-state index contributed by atoms with van der Waals surface area (Å²) in [6.45, 7) is 1.56. The third-order valence-electron chi connectivity index (χ3n) is 4.87. The first kappa shape index (κ1) is 19.9. The molecule has 0 bridgehead atoms. The Bertz CT molecular complexity index is 1350. The Labute approximate surface area is 173 Å². The van der Waals surface area contributed by atoms with Crippen LogP contribution in [0.15, 0.2) is 77.0 Å². The molecule has 0 aliphatic heterocycles. The standard InChI is InChI=1S/C22H18FN3O3S/c1-15-12-18(23)5-9-21(15)30(28,29)19-6-2-16(3-7-19)4-8-20(27)17-13-25-22-24-10-11-26(22)14-17/h2-3,5-7,9-14H,4,8H2,1H3. The maximum absolute atomic E-state index is 13.3. The first-order valence-electron chi connectivity index (χ1n) is 9.27. The number of hydrogen-bond acceptors (Lipinski definition) is 5. The van der Waals surface area contributed by atoms with E-state index in [1.54, 1.807) is 42.0 Å². The van der Waals surface area contributed by atoms with Gasteiger partial charge >= 0.3 is 0 Å². The molecule has 152 valence electrons. The molecule has 0 spiro atoms. The maximum Gasteiger partial charge on any atom is 0.233 e. The van der Waals surface area contributed by atoms with Gasteiger partial charge in [-0.1, -0.05) is 12.1 Å². The quantitative estimate of drug-likeness (QED) is 0.348. The number of imidazole rings is 1. The zero-order valence-electron chi connectivity index (χ0n) is 16.1. The number of ketones is 1. The summed E-state index contributed by atoms with van der Waals surface area (Å²) in [5.74, 6) is -0.00896. The van der Waals surface area contributed by atoms with Gasteiger partial charge in [0.15, 0.2) is 5.78 Å². The molecular formula is C22H18FN3O3S. The van der Waals surface area contributed by atoms with Crippen LogP contribution in [0, 0.1) is 12.7 Å². The Kier molecular flexibility index (Phi) is 5.17. The SMILES string of the molecule is Cc1cc(F)ccc1S(=O)(=O)c1ccc(CCC(=O)c2cnc3nccn3c2)cc1. The number of fused-ring (bicyclic) bond motifs is 1. The molecule has 0 saturated carbocycles. The van der Waals surface area contributed by atoms with Gasteiger partial charge in [-0.15, -0.1) is 0 Å². The predicted octanol–water partition coefficient (Wildman–Crippen LogP) is 3.83. The van der Waals surface area contributed by atoms with Crippen LogP contribution in [0.5, 0.6) is 0 Å². The molecule has 30 heavy (non-hydrogen) atoms. The first-order chi connectivity index (χ1) is 14.3. The van der Waals surface area contributed by atoms with E-state index in [9.17, 15) is 17.6 Å². The number of benzene rings is 2. The maximum atomic E-state index is 13.3. The van der Waals surface area contributed by atoms with E-state index in [1.165, 1.54) is 30.5 Å². The highest BCUT2D eigenvalue weighted by Crippen LogP contribution is 2.25. The number of sulfone groups is 1. The summed E-state index contributed by atoms with van der Waals surface area (Å²) >= 11 is 0. The Morgan fingerprint density at radius 1 is 1.10 bits per heavy atom. The molecule has 4 rings (SSSR count). The first-order valence-corrected chi connectivity index (χ1v) is 10.7. The lowest BCUT2D eigenvalue weighted by atomic mass is 10.0. The van der Waals surface area contributed by atoms with Crippen LogP contribution < -0.4 is 0 Å². The van der Waals surface area contributed by atoms with Crippen molar-refractivity contribution in [2.45, 2.75) is 29.6 Å². The lowest BCUT2D eigenvalue weighted by Gasteiger charge is -2.09. The second kappa shape index (κ2) is 7.79. The fourth-order valence-electron chi connectivity index (χ4n) is 3.24. The van der Waals surface area contributed by atoms with E-state index in [2.05, 4.69) is 9.97 Å². The van der Waals surface area contributed by atoms with Gasteiger partial charge in [-0.3, -0.25) is 9.20 Å². The average Bonchev–Trinajstić information content (AvgIpc) is 3.20. The van der Waals surface area contributed by atoms with E-state index in [4.69, 9.17) is 0 Å². The van der Waals surface area contributed by atoms with Crippen molar-refractivity contribution in [2.75, 3.05) is 0 Å². The largest absolute Gasteiger partial charge is 0.294 e. The zero-order chi connectivity index (χ0) is 21.3. The molecule has 0 fully saturated rings. The number of hydrogen-bond donors (Lipinski definition) is 0. The Morgan fingerprint density at radius 3 is 2.60 bits per heavy atom. The van der Waals surface area contributed by atoms with E-state index in [0.717, 1.165) is 11.6 Å². The number of carbonyl (C=O) groups is 1. The van der Waals surface area contributed by atoms with Crippen molar-refractivity contribution in [3.8, 4) is 0 Å². The third-order valence-corrected chi connectivity index (χ3v) is 6.80. The van der Waals surface area contributed by atoms with Gasteiger partial charge in [0.2, 0.25) is 15.6 Å². The fraction of sp³-hybridized carbons (Fsp3) is 0.136. The molecule has 0 aliphatic carbocycles. The lowest BCUT2D eigenvalue weighted by Crippen LogP contribution is -2.06. The van der Waals surface area contributed by atoms with Crippen molar-refractivity contribution >= 4 is 21.4 Å². The minimum Gasteiger partial charge on any atom is -0.294 e. The topological polar surface area (TPSA) is 81.4 Å². The normalized spacial score (nSPS) is 11.7. The minimum atomic E-state index is -3.74. The van der Waals surface area contributed by atoms with E-state index < -0.39 is 15.7 Å². The van der Waals surface area contributed by atoms with Gasteiger partial charge in [0.1, 0.15) is 5.82 Å². The summed E-state index contributed by atoms with van der Waals surface area (Å²) in [5.41, 5.74) is 1.69. The van der Waals surface area contributed by atoms with Gasteiger partial charge in [0, 0.05) is 31.2 Å². The number of carbonyl (C=O) groups excluding carboxylic acids is 1. The van der Waals surface area contributed by atoms with Crippen molar-refractivity contribution in [3.05, 3.63) is 89.8 Å². The molecule has 0 atom stereocenters. The molecule has 0 amide bonds. The molecule has 0 saturated heterocycles. The molecule has 6 nitrogen and oxygen atoms in total. The van der Waals surface area contributed by atoms with Crippen LogP contribution in [0.25, 0.3) is 5.78 Å². The van der Waals surface area contributed by atoms with Crippen LogP contribution in [0.2, 0.25) is 0 Å². The van der Waals surface area contributed by atoms with Gasteiger partial charge in [0.05, 0.1) is 15.4 Å². The number of Topliss-reactive ketones (excluding diaryl/α,β-unsaturated/α-hetero) is 1. The van der Waals surface area contributed by atoms with E-state index in [0.29, 0.717) is 23.3 Å². The number of aryl methyl sites for hydroxylation is 2. The molecule has 0 aliphatic rings. The van der Waals surface area contributed by atoms with Crippen molar-refractivity contribution in [1.82, 2.24) is 14.4 Å². The highest BCUT2D eigenvalue weighted by Gasteiger charge is 2.20. The Balaban J connectivity index is 1.47. The second-order valence-electron chi connectivity index (χ2n) is 6.96. The van der Waals surface area contributed by atoms with Crippen molar-refractivity contribution in [2.24, 2.45) is 0 Å². The Morgan fingerprint density at radius 2 is 1.87 bits per heavy atom. The summed E-state index contributed by atoms with van der Waals surface area (Å²) < 4.78 is 40.6. The highest BCUT2D eigenvalue weighted by atomic mass is 32.2. The summed E-state index contributed by atoms with van der Waals surface area (Å²) in [6, 6.07) is 10.0. The molecule has 2 aromatic heterocycles. The third kappa shape index (κ3) is 3.86. The molecule has 8 heteroatoms. The van der Waals surface area contributed by atoms with Crippen LogP contribution in [0.3, 0.4) is 0 Å². The molecule has 0 unspecified atom stereocenters. The monoisotopic (exact) mass is 423 g/mol. The van der Waals surface area contributed by atoms with Gasteiger partial charge in [-0.2, -0.15) is 0 Å². The summed E-state index contributed by atoms with van der Waals surface area (Å²) in [5, 5.41) is 0. The molecule has 4 aromatic rings. The average molecular weight is 423 g/mol. The van der Waals surface area contributed by atoms with Gasteiger partial charge in [-0.25, -0.2) is 22.8 Å². The summed E-state index contributed by atoms with van der Waals surface area (Å²) in [6.07, 6.45) is 7.27. The fourth-order valence-corrected chi connectivity index (χ4v) is 4.72. The highest BCUT2D eigenvalue weighted by molar-refractivity contribution is 7.91. The second-order valence-corrected chi connectivity index (χ2v) is 8.88. The zero-order valence-corrected chi connectivity index (χ0v) is 16.9. The molecule has 0 radical (unpaired) electrons. The van der Waals surface area contributed by atoms with Crippen LogP contribution in [0.1, 0.15) is 27.9 Å². The molecular weight excluding hydrogens is 405 g/mol.